The van der Waals surface area contributed by atoms with Crippen molar-refractivity contribution in [2.45, 2.75) is 6.92 Å². The molecule has 0 fully saturated rings. The summed E-state index contributed by atoms with van der Waals surface area (Å²) in [6.07, 6.45) is 0. The second kappa shape index (κ2) is 6.24. The van der Waals surface area contributed by atoms with Gasteiger partial charge in [-0.3, -0.25) is 4.79 Å². The summed E-state index contributed by atoms with van der Waals surface area (Å²) in [5.41, 5.74) is 7.98. The third-order valence-electron chi connectivity index (χ3n) is 3.00. The van der Waals surface area contributed by atoms with E-state index in [4.69, 9.17) is 33.7 Å². The van der Waals surface area contributed by atoms with E-state index < -0.39 is 0 Å². The standard InChI is InChI=1S/C15H14Cl2N2O2/c1-8-5-12(18)11(17)7-13(8)19-15(20)10-4-3-9(16)6-14(10)21-2/h3-7H,18H2,1-2H3,(H,19,20). The number of benzene rings is 2. The van der Waals surface area contributed by atoms with Gasteiger partial charge in [0, 0.05) is 10.7 Å². The number of carbonyl (C=O) groups excluding carboxylic acids is 1. The Balaban J connectivity index is 2.32. The van der Waals surface area contributed by atoms with E-state index in [2.05, 4.69) is 5.32 Å². The molecule has 0 aromatic heterocycles. The summed E-state index contributed by atoms with van der Waals surface area (Å²) in [5.74, 6) is 0.0895. The molecule has 0 saturated heterocycles. The van der Waals surface area contributed by atoms with Gasteiger partial charge < -0.3 is 15.8 Å². The molecular formula is C15H14Cl2N2O2. The zero-order valence-electron chi connectivity index (χ0n) is 11.5. The molecule has 21 heavy (non-hydrogen) atoms. The number of nitrogens with two attached hydrogens (primary N) is 1. The second-order valence-electron chi connectivity index (χ2n) is 4.49. The molecule has 0 bridgehead atoms. The lowest BCUT2D eigenvalue weighted by Gasteiger charge is -2.12. The van der Waals surface area contributed by atoms with Crippen LogP contribution in [-0.4, -0.2) is 13.0 Å². The molecule has 0 radical (unpaired) electrons. The molecule has 6 heteroatoms. The van der Waals surface area contributed by atoms with Gasteiger partial charge in [-0.25, -0.2) is 0 Å². The van der Waals surface area contributed by atoms with Gasteiger partial charge in [0.15, 0.2) is 0 Å². The largest absolute Gasteiger partial charge is 0.496 e. The van der Waals surface area contributed by atoms with Gasteiger partial charge in [0.25, 0.3) is 5.91 Å². The average Bonchev–Trinajstić information content (AvgIpc) is 2.44. The van der Waals surface area contributed by atoms with Crippen molar-refractivity contribution < 1.29 is 9.53 Å². The highest BCUT2D eigenvalue weighted by Gasteiger charge is 2.14. The molecular weight excluding hydrogens is 311 g/mol. The molecule has 0 aliphatic carbocycles. The highest BCUT2D eigenvalue weighted by molar-refractivity contribution is 6.33. The molecule has 1 amide bonds. The molecule has 110 valence electrons. The monoisotopic (exact) mass is 324 g/mol. The number of rotatable bonds is 3. The van der Waals surface area contributed by atoms with E-state index in [1.54, 1.807) is 30.3 Å². The van der Waals surface area contributed by atoms with Gasteiger partial charge in [0.2, 0.25) is 0 Å². The molecule has 2 aromatic carbocycles. The molecule has 3 N–H and O–H groups in total. The van der Waals surface area contributed by atoms with Crippen molar-refractivity contribution in [2.75, 3.05) is 18.2 Å². The van der Waals surface area contributed by atoms with Crippen molar-refractivity contribution in [3.63, 3.8) is 0 Å². The first-order valence-corrected chi connectivity index (χ1v) is 6.88. The SMILES string of the molecule is COc1cc(Cl)ccc1C(=O)Nc1cc(Cl)c(N)cc1C. The first-order valence-electron chi connectivity index (χ1n) is 6.13. The Morgan fingerprint density at radius 3 is 2.62 bits per heavy atom. The van der Waals surface area contributed by atoms with Gasteiger partial charge in [-0.2, -0.15) is 0 Å². The Morgan fingerprint density at radius 1 is 1.24 bits per heavy atom. The van der Waals surface area contributed by atoms with Gasteiger partial charge in [-0.1, -0.05) is 23.2 Å². The van der Waals surface area contributed by atoms with Gasteiger partial charge in [0.05, 0.1) is 23.4 Å². The lowest BCUT2D eigenvalue weighted by molar-refractivity contribution is 0.102. The predicted octanol–water partition coefficient (Wildman–Crippen LogP) is 4.14. The minimum atomic E-state index is -0.313. The average molecular weight is 325 g/mol. The van der Waals surface area contributed by atoms with Gasteiger partial charge in [0.1, 0.15) is 5.75 Å². The normalized spacial score (nSPS) is 10.3. The Hall–Kier alpha value is -1.91. The summed E-state index contributed by atoms with van der Waals surface area (Å²) < 4.78 is 5.17. The lowest BCUT2D eigenvalue weighted by Crippen LogP contribution is -2.14. The first-order chi connectivity index (χ1) is 9.92. The molecule has 0 heterocycles. The minimum absolute atomic E-state index is 0.313. The van der Waals surface area contributed by atoms with Crippen LogP contribution in [0.5, 0.6) is 5.75 Å². The molecule has 0 saturated carbocycles. The van der Waals surface area contributed by atoms with E-state index in [0.717, 1.165) is 5.56 Å². The maximum absolute atomic E-state index is 12.3. The quantitative estimate of drug-likeness (QED) is 0.834. The highest BCUT2D eigenvalue weighted by atomic mass is 35.5. The van der Waals surface area contributed by atoms with Crippen LogP contribution in [0.15, 0.2) is 30.3 Å². The van der Waals surface area contributed by atoms with Gasteiger partial charge in [-0.05, 0) is 42.8 Å². The van der Waals surface area contributed by atoms with Crippen LogP contribution in [0.1, 0.15) is 15.9 Å². The summed E-state index contributed by atoms with van der Waals surface area (Å²) in [7, 11) is 1.48. The zero-order chi connectivity index (χ0) is 15.6. The predicted molar refractivity (Wildman–Crippen MR) is 86.6 cm³/mol. The fourth-order valence-corrected chi connectivity index (χ4v) is 2.21. The topological polar surface area (TPSA) is 64.3 Å². The molecule has 0 atom stereocenters. The molecule has 2 rings (SSSR count). The molecule has 4 nitrogen and oxygen atoms in total. The van der Waals surface area contributed by atoms with E-state index in [0.29, 0.717) is 32.7 Å². The minimum Gasteiger partial charge on any atom is -0.496 e. The number of nitrogens with one attached hydrogen (secondary N) is 1. The van der Waals surface area contributed by atoms with Crippen molar-refractivity contribution >= 4 is 40.5 Å². The maximum Gasteiger partial charge on any atom is 0.259 e. The number of amides is 1. The third kappa shape index (κ3) is 3.40. The highest BCUT2D eigenvalue weighted by Crippen LogP contribution is 2.28. The number of methoxy groups -OCH3 is 1. The number of hydrogen-bond donors (Lipinski definition) is 2. The van der Waals surface area contributed by atoms with Crippen LogP contribution in [0.2, 0.25) is 10.0 Å². The van der Waals surface area contributed by atoms with Crippen LogP contribution in [0, 0.1) is 6.92 Å². The summed E-state index contributed by atoms with van der Waals surface area (Å²) in [6, 6.07) is 8.13. The van der Waals surface area contributed by atoms with E-state index >= 15 is 0 Å². The van der Waals surface area contributed by atoms with Crippen LogP contribution >= 0.6 is 23.2 Å². The number of nitrogen functional groups attached to an aromatic ring is 1. The van der Waals surface area contributed by atoms with Crippen LogP contribution in [0.4, 0.5) is 11.4 Å². The summed E-state index contributed by atoms with van der Waals surface area (Å²) in [6.45, 7) is 1.83. The number of ether oxygens (including phenoxy) is 1. The van der Waals surface area contributed by atoms with Crippen molar-refractivity contribution in [1.29, 1.82) is 0 Å². The van der Waals surface area contributed by atoms with Crippen molar-refractivity contribution in [3.8, 4) is 5.75 Å². The Bertz CT molecular complexity index is 702. The first kappa shape index (κ1) is 15.5. The smallest absolute Gasteiger partial charge is 0.259 e. The maximum atomic E-state index is 12.3. The molecule has 0 spiro atoms. The molecule has 2 aromatic rings. The van der Waals surface area contributed by atoms with E-state index in [-0.39, 0.29) is 5.91 Å². The molecule has 0 unspecified atom stereocenters. The van der Waals surface area contributed by atoms with Crippen LogP contribution in [0.25, 0.3) is 0 Å². The Kier molecular flexibility index (Phi) is 4.60. The van der Waals surface area contributed by atoms with Crippen LogP contribution < -0.4 is 15.8 Å². The summed E-state index contributed by atoms with van der Waals surface area (Å²) in [4.78, 5) is 12.3. The fraction of sp³-hybridized carbons (Fsp3) is 0.133. The molecule has 0 aliphatic rings. The van der Waals surface area contributed by atoms with Crippen molar-refractivity contribution in [2.24, 2.45) is 0 Å². The van der Waals surface area contributed by atoms with Gasteiger partial charge in [-0.15, -0.1) is 0 Å². The van der Waals surface area contributed by atoms with E-state index in [9.17, 15) is 4.79 Å². The molecule has 0 aliphatic heterocycles. The number of aryl methyl sites for hydroxylation is 1. The second-order valence-corrected chi connectivity index (χ2v) is 5.33. The number of halogens is 2. The van der Waals surface area contributed by atoms with Crippen molar-refractivity contribution in [1.82, 2.24) is 0 Å². The van der Waals surface area contributed by atoms with E-state index in [1.165, 1.54) is 7.11 Å². The van der Waals surface area contributed by atoms with Crippen LogP contribution in [0.3, 0.4) is 0 Å². The fourth-order valence-electron chi connectivity index (χ4n) is 1.88. The van der Waals surface area contributed by atoms with E-state index in [1.807, 2.05) is 6.92 Å². The van der Waals surface area contributed by atoms with Gasteiger partial charge >= 0.3 is 0 Å². The summed E-state index contributed by atoms with van der Waals surface area (Å²) >= 11 is 11.9. The number of carbonyl (C=O) groups is 1. The number of anilines is 2. The lowest BCUT2D eigenvalue weighted by atomic mass is 10.1. The number of hydrogen-bond acceptors (Lipinski definition) is 3. The third-order valence-corrected chi connectivity index (χ3v) is 3.56. The Labute approximate surface area is 132 Å². The zero-order valence-corrected chi connectivity index (χ0v) is 13.0. The van der Waals surface area contributed by atoms with Crippen molar-refractivity contribution in [3.05, 3.63) is 51.5 Å². The van der Waals surface area contributed by atoms with Crippen LogP contribution in [-0.2, 0) is 0 Å². The summed E-state index contributed by atoms with van der Waals surface area (Å²) in [5, 5.41) is 3.67. The Morgan fingerprint density at radius 2 is 1.95 bits per heavy atom.